The van der Waals surface area contributed by atoms with Crippen molar-refractivity contribution in [2.24, 2.45) is 0 Å². The molecule has 3 rings (SSSR count). The van der Waals surface area contributed by atoms with Crippen LogP contribution in [0.25, 0.3) is 0 Å². The first-order chi connectivity index (χ1) is 21.5. The van der Waals surface area contributed by atoms with Gasteiger partial charge in [-0.15, -0.1) is 0 Å². The van der Waals surface area contributed by atoms with Gasteiger partial charge in [0.15, 0.2) is 12.6 Å². The van der Waals surface area contributed by atoms with Gasteiger partial charge in [0.05, 0.1) is 32.0 Å². The van der Waals surface area contributed by atoms with Crippen molar-refractivity contribution >= 4 is 17.8 Å². The van der Waals surface area contributed by atoms with Crippen LogP contribution in [0.2, 0.25) is 0 Å². The van der Waals surface area contributed by atoms with E-state index in [1.807, 2.05) is 0 Å². The Morgan fingerprint density at radius 1 is 0.848 bits per heavy atom. The second-order valence-electron chi connectivity index (χ2n) is 11.2. The van der Waals surface area contributed by atoms with E-state index in [1.165, 1.54) is 0 Å². The Balaban J connectivity index is 1.95. The summed E-state index contributed by atoms with van der Waals surface area (Å²) >= 11 is 0. The Morgan fingerprint density at radius 2 is 1.43 bits per heavy atom. The summed E-state index contributed by atoms with van der Waals surface area (Å²) in [4.78, 5) is 36.0. The lowest BCUT2D eigenvalue weighted by atomic mass is 9.88. The van der Waals surface area contributed by atoms with E-state index < -0.39 is 142 Å². The number of aliphatic hydroxyl groups excluding tert-OH is 10. The van der Waals surface area contributed by atoms with Gasteiger partial charge >= 0.3 is 5.97 Å². The number of carboxylic acids is 1. The molecule has 0 bridgehead atoms. The van der Waals surface area contributed by atoms with Crippen LogP contribution in [0.3, 0.4) is 0 Å². The average Bonchev–Trinajstić information content (AvgIpc) is 2.99. The molecule has 3 aliphatic rings. The molecule has 3 heterocycles. The smallest absolute Gasteiger partial charge is 0.364 e. The third kappa shape index (κ3) is 8.08. The first-order valence-corrected chi connectivity index (χ1v) is 14.2. The van der Waals surface area contributed by atoms with Crippen molar-refractivity contribution in [3.05, 3.63) is 0 Å². The van der Waals surface area contributed by atoms with Gasteiger partial charge in [0.25, 0.3) is 5.79 Å². The molecule has 3 saturated heterocycles. The predicted molar refractivity (Wildman–Crippen MR) is 142 cm³/mol. The zero-order chi connectivity index (χ0) is 34.7. The summed E-state index contributed by atoms with van der Waals surface area (Å²) in [7, 11) is 0. The van der Waals surface area contributed by atoms with Crippen LogP contribution in [0.5, 0.6) is 0 Å². The minimum Gasteiger partial charge on any atom is -0.477 e. The molecule has 16 atom stereocenters. The molecule has 0 aliphatic carbocycles. The maximum atomic E-state index is 12.6. The number of aliphatic hydroxyl groups is 10. The highest BCUT2D eigenvalue weighted by atomic mass is 16.8. The zero-order valence-corrected chi connectivity index (χ0v) is 24.7. The monoisotopic (exact) mass is 674 g/mol. The summed E-state index contributed by atoms with van der Waals surface area (Å²) in [5.74, 6) is -6.46. The topological polar surface area (TPSA) is 344 Å². The maximum Gasteiger partial charge on any atom is 0.364 e. The van der Waals surface area contributed by atoms with Crippen LogP contribution in [0, 0.1) is 0 Å². The SMILES string of the molecule is CC(=O)N[C@H]1[C@H]([C@H](O)[C@H](O)CO)O[C@@](O[C@@H]2[C@H](O)[C@H](O[C@H]3[C@H](O)[C@H](NC(C)=O)[C@H](O)O[C@H]3CO)O[C@@H](CO)[C@@H]2O)(C(=O)O)C[C@H]1O. The minimum absolute atomic E-state index is 0.692. The number of carbonyl (C=O) groups is 3. The van der Waals surface area contributed by atoms with Crippen molar-refractivity contribution < 1.29 is 94.2 Å². The van der Waals surface area contributed by atoms with E-state index in [2.05, 4.69) is 10.6 Å². The highest BCUT2D eigenvalue weighted by molar-refractivity contribution is 5.76. The Bertz CT molecular complexity index is 1050. The van der Waals surface area contributed by atoms with Crippen LogP contribution >= 0.6 is 0 Å². The van der Waals surface area contributed by atoms with Crippen LogP contribution in [0.4, 0.5) is 0 Å². The summed E-state index contributed by atoms with van der Waals surface area (Å²) in [6.07, 6.45) is -25.7. The number of hydrogen-bond donors (Lipinski definition) is 13. The molecular weight excluding hydrogens is 632 g/mol. The standard InChI is InChI=1S/C25H42N2O19/c1-7(31)26-13-9(33)3-25(24(40)41,45-20(13)15(35)10(34)4-28)46-21-16(36)11(5-29)43-23(18(21)38)44-19-12(6-30)42-22(39)14(17(19)37)27-8(2)32/h9-23,28-30,33-39H,3-6H2,1-2H3,(H,26,31)(H,27,32)(H,40,41)/t9-,10-,11+,12+,13-,14+,15-,16+,17-,18+,19-,20-,21+,22-,23+,25+/m1/s1. The molecule has 0 saturated carbocycles. The van der Waals surface area contributed by atoms with E-state index >= 15 is 0 Å². The average molecular weight is 675 g/mol. The van der Waals surface area contributed by atoms with Gasteiger partial charge in [-0.25, -0.2) is 4.79 Å². The van der Waals surface area contributed by atoms with E-state index in [-0.39, 0.29) is 0 Å². The van der Waals surface area contributed by atoms with E-state index in [4.69, 9.17) is 23.7 Å². The fraction of sp³-hybridized carbons (Fsp3) is 0.880. The Kier molecular flexibility index (Phi) is 13.1. The van der Waals surface area contributed by atoms with Gasteiger partial charge in [-0.1, -0.05) is 0 Å². The van der Waals surface area contributed by atoms with Crippen molar-refractivity contribution in [3.8, 4) is 0 Å². The van der Waals surface area contributed by atoms with Gasteiger partial charge in [0.1, 0.15) is 67.1 Å². The number of carboxylic acid groups (broad SMARTS) is 1. The lowest BCUT2D eigenvalue weighted by Crippen LogP contribution is -2.71. The molecule has 0 aromatic heterocycles. The molecule has 21 nitrogen and oxygen atoms in total. The van der Waals surface area contributed by atoms with Gasteiger partial charge in [-0.05, 0) is 0 Å². The Labute approximate surface area is 260 Å². The molecule has 0 radical (unpaired) electrons. The van der Waals surface area contributed by atoms with Crippen molar-refractivity contribution in [3.63, 3.8) is 0 Å². The lowest BCUT2D eigenvalue weighted by molar-refractivity contribution is -0.382. The molecule has 0 spiro atoms. The summed E-state index contributed by atoms with van der Waals surface area (Å²) in [6.45, 7) is -0.789. The highest BCUT2D eigenvalue weighted by Gasteiger charge is 2.60. The van der Waals surface area contributed by atoms with Crippen LogP contribution < -0.4 is 10.6 Å². The molecule has 0 aromatic rings. The van der Waals surface area contributed by atoms with Crippen LogP contribution in [-0.4, -0.2) is 191 Å². The van der Waals surface area contributed by atoms with Crippen molar-refractivity contribution in [1.82, 2.24) is 10.6 Å². The normalized spacial score (nSPS) is 42.9. The Morgan fingerprint density at radius 3 is 1.96 bits per heavy atom. The van der Waals surface area contributed by atoms with Crippen molar-refractivity contribution in [2.45, 2.75) is 118 Å². The van der Waals surface area contributed by atoms with Gasteiger partial charge in [0, 0.05) is 20.3 Å². The molecule has 266 valence electrons. The molecular formula is C25H42N2O19. The molecule has 46 heavy (non-hydrogen) atoms. The fourth-order valence-corrected chi connectivity index (χ4v) is 5.57. The molecule has 3 fully saturated rings. The van der Waals surface area contributed by atoms with E-state index in [0.717, 1.165) is 13.8 Å². The van der Waals surface area contributed by atoms with E-state index in [1.54, 1.807) is 0 Å². The first-order valence-electron chi connectivity index (χ1n) is 14.2. The molecule has 2 amide bonds. The van der Waals surface area contributed by atoms with Crippen LogP contribution in [0.1, 0.15) is 20.3 Å². The van der Waals surface area contributed by atoms with Crippen molar-refractivity contribution in [2.75, 3.05) is 19.8 Å². The van der Waals surface area contributed by atoms with Crippen molar-refractivity contribution in [1.29, 1.82) is 0 Å². The number of nitrogens with one attached hydrogen (secondary N) is 2. The van der Waals surface area contributed by atoms with Gasteiger partial charge in [-0.3, -0.25) is 9.59 Å². The predicted octanol–water partition coefficient (Wildman–Crippen LogP) is -8.08. The fourth-order valence-electron chi connectivity index (χ4n) is 5.57. The zero-order valence-electron chi connectivity index (χ0n) is 24.7. The molecule has 13 N–H and O–H groups in total. The highest BCUT2D eigenvalue weighted by Crippen LogP contribution is 2.38. The second-order valence-corrected chi connectivity index (χ2v) is 11.2. The third-order valence-electron chi connectivity index (χ3n) is 7.87. The van der Waals surface area contributed by atoms with Crippen LogP contribution in [0.15, 0.2) is 0 Å². The maximum absolute atomic E-state index is 12.6. The van der Waals surface area contributed by atoms with Gasteiger partial charge in [0.2, 0.25) is 11.8 Å². The van der Waals surface area contributed by atoms with E-state index in [9.17, 15) is 70.6 Å². The second kappa shape index (κ2) is 15.8. The molecule has 3 aliphatic heterocycles. The lowest BCUT2D eigenvalue weighted by Gasteiger charge is -2.50. The molecule has 0 unspecified atom stereocenters. The third-order valence-corrected chi connectivity index (χ3v) is 7.87. The number of rotatable bonds is 12. The first kappa shape index (κ1) is 38.3. The van der Waals surface area contributed by atoms with Crippen LogP contribution in [-0.2, 0) is 38.1 Å². The number of ether oxygens (including phenoxy) is 5. The summed E-state index contributed by atoms with van der Waals surface area (Å²) in [5, 5.41) is 118. The molecule has 21 heteroatoms. The Hall–Kier alpha value is -2.19. The van der Waals surface area contributed by atoms with Gasteiger partial charge < -0.3 is 90.5 Å². The minimum atomic E-state index is -3.04. The number of carbonyl (C=O) groups excluding carboxylic acids is 2. The molecule has 0 aromatic carbocycles. The summed E-state index contributed by atoms with van der Waals surface area (Å²) in [5.41, 5.74) is 0. The largest absolute Gasteiger partial charge is 0.477 e. The van der Waals surface area contributed by atoms with Gasteiger partial charge in [-0.2, -0.15) is 0 Å². The van der Waals surface area contributed by atoms with E-state index in [0.29, 0.717) is 0 Å². The number of amides is 2. The summed E-state index contributed by atoms with van der Waals surface area (Å²) < 4.78 is 27.4. The quantitative estimate of drug-likeness (QED) is 0.0913. The number of aliphatic carboxylic acids is 1. The summed E-state index contributed by atoms with van der Waals surface area (Å²) in [6, 6.07) is -3.05. The number of hydrogen-bond acceptors (Lipinski definition) is 18.